The number of carbonyl (C=O) groups is 1. The number of hydrogen-bond acceptors (Lipinski definition) is 5. The highest BCUT2D eigenvalue weighted by Crippen LogP contribution is 2.35. The van der Waals surface area contributed by atoms with Gasteiger partial charge in [-0.3, -0.25) is 4.79 Å². The Morgan fingerprint density at radius 3 is 2.00 bits per heavy atom. The van der Waals surface area contributed by atoms with Crippen molar-refractivity contribution in [3.63, 3.8) is 0 Å². The molecule has 0 spiro atoms. The minimum atomic E-state index is -4.04. The van der Waals surface area contributed by atoms with Gasteiger partial charge in [-0.15, -0.1) is 0 Å². The van der Waals surface area contributed by atoms with Crippen LogP contribution in [-0.2, 0) is 19.7 Å². The van der Waals surface area contributed by atoms with Gasteiger partial charge < -0.3 is 10.1 Å². The van der Waals surface area contributed by atoms with Gasteiger partial charge in [0.1, 0.15) is 15.5 Å². The maximum absolute atomic E-state index is 12.9. The van der Waals surface area contributed by atoms with E-state index in [1.807, 2.05) is 30.3 Å². The first-order valence-corrected chi connectivity index (χ1v) is 11.9. The van der Waals surface area contributed by atoms with Gasteiger partial charge in [-0.25, -0.2) is 16.8 Å². The third-order valence-electron chi connectivity index (χ3n) is 4.57. The van der Waals surface area contributed by atoms with Crippen LogP contribution >= 0.6 is 0 Å². The molecule has 0 aliphatic rings. The van der Waals surface area contributed by atoms with E-state index in [9.17, 15) is 21.6 Å². The van der Waals surface area contributed by atoms with Crippen LogP contribution in [0.2, 0.25) is 0 Å². The van der Waals surface area contributed by atoms with E-state index in [1.165, 1.54) is 24.4 Å². The van der Waals surface area contributed by atoms with Crippen molar-refractivity contribution in [2.75, 3.05) is 11.5 Å². The number of amides is 1. The Bertz CT molecular complexity index is 1270. The second-order valence-corrected chi connectivity index (χ2v) is 10.6. The first kappa shape index (κ1) is 20.1. The number of rotatable bonds is 6. The highest BCUT2D eigenvalue weighted by molar-refractivity contribution is 7.94. The Balaban J connectivity index is 2.55. The van der Waals surface area contributed by atoms with E-state index < -0.39 is 30.5 Å². The molecule has 28 heavy (non-hydrogen) atoms. The zero-order valence-corrected chi connectivity index (χ0v) is 17.0. The van der Waals surface area contributed by atoms with Gasteiger partial charge in [-0.1, -0.05) is 44.2 Å². The van der Waals surface area contributed by atoms with Crippen molar-refractivity contribution < 1.29 is 21.6 Å². The Kier molecular flexibility index (Phi) is 5.07. The number of nitrogens with zero attached hydrogens (tertiary/aromatic N) is 1. The maximum Gasteiger partial charge on any atom is 0.267 e. The third kappa shape index (κ3) is 3.20. The predicted molar refractivity (Wildman–Crippen MR) is 107 cm³/mol. The number of fused-ring (bicyclic) bond motifs is 1. The molecule has 0 fully saturated rings. The summed E-state index contributed by atoms with van der Waals surface area (Å²) in [5, 5.41) is 0. The number of sulfone groups is 2. The van der Waals surface area contributed by atoms with Crippen LogP contribution < -0.4 is 5.73 Å². The van der Waals surface area contributed by atoms with Crippen LogP contribution in [0.5, 0.6) is 0 Å². The molecule has 0 saturated heterocycles. The predicted octanol–water partition coefficient (Wildman–Crippen LogP) is 2.29. The summed E-state index contributed by atoms with van der Waals surface area (Å²) in [4.78, 5) is 11.2. The second kappa shape index (κ2) is 7.06. The largest absolute Gasteiger partial charge is 0.364 e. The number of primary amides is 1. The molecule has 7 nitrogen and oxygen atoms in total. The van der Waals surface area contributed by atoms with Crippen molar-refractivity contribution in [3.8, 4) is 11.1 Å². The zero-order chi connectivity index (χ0) is 20.7. The summed E-state index contributed by atoms with van der Waals surface area (Å²) in [6.07, 6.45) is 1.47. The van der Waals surface area contributed by atoms with Crippen LogP contribution in [0, 0.1) is 0 Å². The number of carbonyl (C=O) groups excluding carboxylic acids is 1. The summed E-state index contributed by atoms with van der Waals surface area (Å²) in [5.74, 6) is -1.68. The van der Waals surface area contributed by atoms with Gasteiger partial charge >= 0.3 is 0 Å². The van der Waals surface area contributed by atoms with Crippen molar-refractivity contribution in [1.82, 2.24) is 4.40 Å². The summed E-state index contributed by atoms with van der Waals surface area (Å²) in [6.45, 7) is 2.81. The zero-order valence-electron chi connectivity index (χ0n) is 15.4. The molecule has 9 heteroatoms. The van der Waals surface area contributed by atoms with Crippen molar-refractivity contribution in [2.45, 2.75) is 23.6 Å². The lowest BCUT2D eigenvalue weighted by Gasteiger charge is -2.06. The third-order valence-corrected chi connectivity index (χ3v) is 8.28. The molecule has 0 aliphatic heterocycles. The summed E-state index contributed by atoms with van der Waals surface area (Å²) >= 11 is 0. The topological polar surface area (TPSA) is 116 Å². The van der Waals surface area contributed by atoms with Gasteiger partial charge in [0.2, 0.25) is 0 Å². The lowest BCUT2D eigenvalue weighted by Crippen LogP contribution is -2.19. The Hall–Kier alpha value is -2.65. The molecular formula is C19H20N2O5S2. The van der Waals surface area contributed by atoms with Crippen LogP contribution in [-0.4, -0.2) is 38.6 Å². The molecule has 1 aromatic carbocycles. The summed E-state index contributed by atoms with van der Waals surface area (Å²) in [6, 6.07) is 12.5. The average Bonchev–Trinajstić information content (AvgIpc) is 3.05. The van der Waals surface area contributed by atoms with Gasteiger partial charge in [-0.05, 0) is 23.3 Å². The Morgan fingerprint density at radius 2 is 1.46 bits per heavy atom. The van der Waals surface area contributed by atoms with E-state index in [0.717, 1.165) is 5.56 Å². The van der Waals surface area contributed by atoms with Crippen LogP contribution in [0.1, 0.15) is 24.3 Å². The lowest BCUT2D eigenvalue weighted by atomic mass is 10.1. The van der Waals surface area contributed by atoms with E-state index in [-0.39, 0.29) is 27.6 Å². The fraction of sp³-hybridized carbons (Fsp3) is 0.211. The smallest absolute Gasteiger partial charge is 0.267 e. The minimum absolute atomic E-state index is 0.115. The lowest BCUT2D eigenvalue weighted by molar-refractivity contribution is 0.0991. The molecule has 2 heterocycles. The van der Waals surface area contributed by atoms with Crippen LogP contribution in [0.25, 0.3) is 16.6 Å². The monoisotopic (exact) mass is 420 g/mol. The van der Waals surface area contributed by atoms with Crippen LogP contribution in [0.15, 0.2) is 58.5 Å². The number of aromatic nitrogens is 1. The fourth-order valence-electron chi connectivity index (χ4n) is 3.12. The number of hydrogen-bond donors (Lipinski definition) is 1. The standard InChI is InChI=1S/C19H20N2O5S2/c1-3-27(23,24)17-15-12-14(13-8-6-5-7-9-13)10-11-21(15)16(19(20)22)18(17)28(25,26)4-2/h5-12H,3-4H2,1-2H3,(H2,20,22). The number of nitrogens with two attached hydrogens (primary N) is 1. The van der Waals surface area contributed by atoms with E-state index >= 15 is 0 Å². The molecule has 3 aromatic rings. The van der Waals surface area contributed by atoms with Gasteiger partial charge in [0.25, 0.3) is 5.91 Å². The van der Waals surface area contributed by atoms with Crippen molar-refractivity contribution in [1.29, 1.82) is 0 Å². The molecule has 0 atom stereocenters. The van der Waals surface area contributed by atoms with E-state index in [2.05, 4.69) is 0 Å². The molecule has 0 saturated carbocycles. The summed E-state index contributed by atoms with van der Waals surface area (Å²) < 4.78 is 52.5. The first-order valence-electron chi connectivity index (χ1n) is 8.62. The molecule has 0 unspecified atom stereocenters. The Morgan fingerprint density at radius 1 is 0.893 bits per heavy atom. The van der Waals surface area contributed by atoms with Gasteiger partial charge in [0, 0.05) is 6.20 Å². The second-order valence-electron chi connectivity index (χ2n) is 6.21. The minimum Gasteiger partial charge on any atom is -0.364 e. The average molecular weight is 421 g/mol. The summed E-state index contributed by atoms with van der Waals surface area (Å²) in [7, 11) is -8.01. The number of benzene rings is 1. The van der Waals surface area contributed by atoms with Crippen LogP contribution in [0.3, 0.4) is 0 Å². The van der Waals surface area contributed by atoms with Gasteiger partial charge in [0.05, 0.1) is 17.0 Å². The molecule has 2 N–H and O–H groups in total. The van der Waals surface area contributed by atoms with E-state index in [1.54, 1.807) is 12.1 Å². The van der Waals surface area contributed by atoms with Crippen molar-refractivity contribution >= 4 is 31.1 Å². The first-order chi connectivity index (χ1) is 13.1. The molecular weight excluding hydrogens is 400 g/mol. The SMILES string of the molecule is CCS(=O)(=O)c1c(S(=O)(=O)CC)c2cc(-c3ccccc3)ccn2c1C(N)=O. The maximum atomic E-state index is 12.9. The van der Waals surface area contributed by atoms with Gasteiger partial charge in [0.15, 0.2) is 19.7 Å². The van der Waals surface area contributed by atoms with Crippen molar-refractivity contribution in [3.05, 3.63) is 54.4 Å². The quantitative estimate of drug-likeness (QED) is 0.657. The molecule has 148 valence electrons. The molecule has 1 amide bonds. The van der Waals surface area contributed by atoms with Crippen molar-refractivity contribution in [2.24, 2.45) is 5.73 Å². The van der Waals surface area contributed by atoms with Gasteiger partial charge in [-0.2, -0.15) is 0 Å². The highest BCUT2D eigenvalue weighted by atomic mass is 32.2. The normalized spacial score (nSPS) is 12.4. The molecule has 2 aromatic heterocycles. The Labute approximate surface area is 163 Å². The van der Waals surface area contributed by atoms with Crippen LogP contribution in [0.4, 0.5) is 0 Å². The number of pyridine rings is 1. The molecule has 0 radical (unpaired) electrons. The highest BCUT2D eigenvalue weighted by Gasteiger charge is 2.35. The van der Waals surface area contributed by atoms with E-state index in [4.69, 9.17) is 5.73 Å². The molecule has 3 rings (SSSR count). The molecule has 0 aliphatic carbocycles. The van der Waals surface area contributed by atoms with E-state index in [0.29, 0.717) is 5.56 Å². The molecule has 0 bridgehead atoms. The summed E-state index contributed by atoms with van der Waals surface area (Å²) in [5.41, 5.74) is 6.75. The fourth-order valence-corrected chi connectivity index (χ4v) is 6.20.